The third-order valence-corrected chi connectivity index (χ3v) is 7.60. The van der Waals surface area contributed by atoms with E-state index >= 15 is 0 Å². The summed E-state index contributed by atoms with van der Waals surface area (Å²) in [5, 5.41) is 18.2. The van der Waals surface area contributed by atoms with E-state index in [1.807, 2.05) is 0 Å². The molecule has 0 aromatic rings. The van der Waals surface area contributed by atoms with E-state index in [2.05, 4.69) is 30.5 Å². The van der Waals surface area contributed by atoms with Crippen molar-refractivity contribution >= 4 is 19.8 Å². The normalized spacial score (nSPS) is 14.5. The Kier molecular flexibility index (Phi) is 27.6. The van der Waals surface area contributed by atoms with Gasteiger partial charge in [-0.1, -0.05) is 103 Å². The number of carbonyl (C=O) groups excluding carboxylic acids is 2. The molecule has 0 spiro atoms. The largest absolute Gasteiger partial charge is 0.472 e. The molecule has 1 unspecified atom stereocenters. The van der Waals surface area contributed by atoms with Crippen LogP contribution in [-0.4, -0.2) is 65.7 Å². The maximum atomic E-state index is 12.4. The Hall–Kier alpha value is -1.29. The Morgan fingerprint density at radius 3 is 1.81 bits per heavy atom. The van der Waals surface area contributed by atoms with Crippen LogP contribution in [0.15, 0.2) is 12.2 Å². The number of hydrogen-bond acceptors (Lipinski definition) is 9. The minimum atomic E-state index is -4.59. The third-order valence-electron chi connectivity index (χ3n) is 6.65. The van der Waals surface area contributed by atoms with Gasteiger partial charge in [0.1, 0.15) is 12.7 Å². The van der Waals surface area contributed by atoms with Crippen LogP contribution in [0.25, 0.3) is 0 Å². The van der Waals surface area contributed by atoms with Crippen LogP contribution in [0, 0.1) is 0 Å². The summed E-state index contributed by atoms with van der Waals surface area (Å²) < 4.78 is 32.3. The van der Waals surface area contributed by atoms with E-state index in [-0.39, 0.29) is 19.4 Å². The van der Waals surface area contributed by atoms with Gasteiger partial charge in [-0.05, 0) is 32.1 Å². The van der Waals surface area contributed by atoms with E-state index in [0.717, 1.165) is 51.4 Å². The van der Waals surface area contributed by atoms with E-state index in [4.69, 9.17) is 19.1 Å². The number of carbonyl (C=O) groups is 2. The number of aliphatic hydroxyl groups is 2. The molecule has 3 atom stereocenters. The second-order valence-electron chi connectivity index (χ2n) is 10.8. The van der Waals surface area contributed by atoms with Crippen LogP contribution in [0.3, 0.4) is 0 Å². The van der Waals surface area contributed by atoms with Crippen LogP contribution < -0.4 is 0 Å². The second kappa shape index (κ2) is 28.5. The smallest absolute Gasteiger partial charge is 0.462 e. The summed E-state index contributed by atoms with van der Waals surface area (Å²) in [5.41, 5.74) is 0. The van der Waals surface area contributed by atoms with Crippen LogP contribution in [-0.2, 0) is 32.7 Å². The quantitative estimate of drug-likeness (QED) is 0.0333. The van der Waals surface area contributed by atoms with Gasteiger partial charge in [-0.15, -0.1) is 0 Å². The van der Waals surface area contributed by atoms with Crippen LogP contribution in [0.4, 0.5) is 0 Å². The molecular formula is C31H59O10P. The van der Waals surface area contributed by atoms with Crippen LogP contribution >= 0.6 is 7.82 Å². The molecule has 0 radical (unpaired) electrons. The molecule has 0 aromatic heterocycles. The molecule has 0 amide bonds. The first-order valence-electron chi connectivity index (χ1n) is 16.1. The Labute approximate surface area is 254 Å². The van der Waals surface area contributed by atoms with Crippen LogP contribution in [0.5, 0.6) is 0 Å². The molecule has 0 saturated carbocycles. The molecule has 42 heavy (non-hydrogen) atoms. The van der Waals surface area contributed by atoms with Crippen molar-refractivity contribution in [3.05, 3.63) is 12.2 Å². The fraction of sp³-hybridized carbons (Fsp3) is 0.871. The predicted molar refractivity (Wildman–Crippen MR) is 164 cm³/mol. The number of rotatable bonds is 30. The van der Waals surface area contributed by atoms with Crippen molar-refractivity contribution in [2.24, 2.45) is 0 Å². The Bertz CT molecular complexity index is 731. The molecule has 0 aliphatic carbocycles. The van der Waals surface area contributed by atoms with Crippen molar-refractivity contribution in [1.29, 1.82) is 0 Å². The Morgan fingerprint density at radius 1 is 0.690 bits per heavy atom. The molecule has 0 fully saturated rings. The highest BCUT2D eigenvalue weighted by molar-refractivity contribution is 7.47. The number of aliphatic hydroxyl groups excluding tert-OH is 2. The molecule has 11 heteroatoms. The van der Waals surface area contributed by atoms with E-state index < -0.39 is 51.8 Å². The first kappa shape index (κ1) is 40.7. The van der Waals surface area contributed by atoms with Crippen molar-refractivity contribution in [2.45, 2.75) is 148 Å². The van der Waals surface area contributed by atoms with Crippen molar-refractivity contribution in [2.75, 3.05) is 26.4 Å². The zero-order valence-corrected chi connectivity index (χ0v) is 27.1. The highest BCUT2D eigenvalue weighted by Crippen LogP contribution is 2.43. The summed E-state index contributed by atoms with van der Waals surface area (Å²) >= 11 is 0. The lowest BCUT2D eigenvalue weighted by Crippen LogP contribution is -2.29. The lowest BCUT2D eigenvalue weighted by atomic mass is 10.1. The van der Waals surface area contributed by atoms with Crippen LogP contribution in [0.1, 0.15) is 136 Å². The van der Waals surface area contributed by atoms with Gasteiger partial charge in [0.05, 0.1) is 19.8 Å². The van der Waals surface area contributed by atoms with Crippen molar-refractivity contribution in [3.8, 4) is 0 Å². The number of phosphoric ester groups is 1. The third kappa shape index (κ3) is 27.5. The summed E-state index contributed by atoms with van der Waals surface area (Å²) in [7, 11) is -4.59. The first-order chi connectivity index (χ1) is 20.2. The molecule has 0 bridgehead atoms. The summed E-state index contributed by atoms with van der Waals surface area (Å²) in [6.45, 7) is 2.23. The zero-order valence-electron chi connectivity index (χ0n) is 26.2. The number of phosphoric acid groups is 1. The molecule has 248 valence electrons. The van der Waals surface area contributed by atoms with Gasteiger partial charge in [-0.3, -0.25) is 18.6 Å². The van der Waals surface area contributed by atoms with Crippen LogP contribution in [0.2, 0.25) is 0 Å². The minimum absolute atomic E-state index is 0.181. The summed E-state index contributed by atoms with van der Waals surface area (Å²) in [6.07, 6.45) is 20.7. The number of hydrogen-bond donors (Lipinski definition) is 3. The van der Waals surface area contributed by atoms with Gasteiger partial charge in [0.15, 0.2) is 6.10 Å². The Morgan fingerprint density at radius 2 is 1.21 bits per heavy atom. The number of esters is 2. The lowest BCUT2D eigenvalue weighted by molar-refractivity contribution is -0.161. The van der Waals surface area contributed by atoms with Gasteiger partial charge < -0.3 is 24.6 Å². The molecule has 0 saturated heterocycles. The van der Waals surface area contributed by atoms with E-state index in [9.17, 15) is 24.2 Å². The summed E-state index contributed by atoms with van der Waals surface area (Å²) in [4.78, 5) is 34.5. The van der Waals surface area contributed by atoms with Gasteiger partial charge >= 0.3 is 19.8 Å². The van der Waals surface area contributed by atoms with Gasteiger partial charge in [0, 0.05) is 12.8 Å². The van der Waals surface area contributed by atoms with Crippen molar-refractivity contribution in [1.82, 2.24) is 0 Å². The fourth-order valence-electron chi connectivity index (χ4n) is 4.11. The van der Waals surface area contributed by atoms with E-state index in [1.54, 1.807) is 0 Å². The van der Waals surface area contributed by atoms with Gasteiger partial charge in [0.2, 0.25) is 0 Å². The fourth-order valence-corrected chi connectivity index (χ4v) is 4.90. The highest BCUT2D eigenvalue weighted by Gasteiger charge is 2.27. The molecule has 3 N–H and O–H groups in total. The summed E-state index contributed by atoms with van der Waals surface area (Å²) in [5.74, 6) is -0.939. The molecule has 0 aliphatic heterocycles. The number of allylic oxidation sites excluding steroid dienone is 2. The molecule has 0 aliphatic rings. The minimum Gasteiger partial charge on any atom is -0.462 e. The predicted octanol–water partition coefficient (Wildman–Crippen LogP) is 6.94. The topological polar surface area (TPSA) is 149 Å². The van der Waals surface area contributed by atoms with Crippen molar-refractivity contribution in [3.63, 3.8) is 0 Å². The SMILES string of the molecule is CCC/C=C\CCCCCCCCCC(=O)O[C@H](COC(=O)CCCCCCCCC)COP(=O)(O)OC[C@@H](O)CO. The lowest BCUT2D eigenvalue weighted by Gasteiger charge is -2.20. The van der Waals surface area contributed by atoms with E-state index in [0.29, 0.717) is 12.8 Å². The number of unbranched alkanes of at least 4 members (excludes halogenated alkanes) is 14. The summed E-state index contributed by atoms with van der Waals surface area (Å²) in [6, 6.07) is 0. The standard InChI is InChI=1S/C31H59O10P/c1-3-5-7-9-11-12-13-14-15-17-19-21-23-31(35)41-29(27-40-42(36,37)39-25-28(33)24-32)26-38-30(34)22-20-18-16-10-8-6-4-2/h7,9,28-29,32-33H,3-6,8,10-27H2,1-2H3,(H,36,37)/b9-7-/t28-,29+/m0/s1. The number of ether oxygens (including phenoxy) is 2. The monoisotopic (exact) mass is 622 g/mol. The molecular weight excluding hydrogens is 563 g/mol. The first-order valence-corrected chi connectivity index (χ1v) is 17.6. The molecule has 0 aromatic carbocycles. The zero-order chi connectivity index (χ0) is 31.3. The van der Waals surface area contributed by atoms with Crippen molar-refractivity contribution < 1.29 is 47.8 Å². The van der Waals surface area contributed by atoms with Gasteiger partial charge in [-0.2, -0.15) is 0 Å². The maximum absolute atomic E-state index is 12.4. The second-order valence-corrected chi connectivity index (χ2v) is 12.3. The molecule has 0 heterocycles. The average molecular weight is 623 g/mol. The average Bonchev–Trinajstić information content (AvgIpc) is 2.97. The Balaban J connectivity index is 4.44. The van der Waals surface area contributed by atoms with Gasteiger partial charge in [0.25, 0.3) is 0 Å². The highest BCUT2D eigenvalue weighted by atomic mass is 31.2. The molecule has 10 nitrogen and oxygen atoms in total. The maximum Gasteiger partial charge on any atom is 0.472 e. The molecule has 0 rings (SSSR count). The van der Waals surface area contributed by atoms with E-state index in [1.165, 1.54) is 44.9 Å². The van der Waals surface area contributed by atoms with Gasteiger partial charge in [-0.25, -0.2) is 4.57 Å².